The second-order valence-electron chi connectivity index (χ2n) is 27.8. The molecule has 6 aliphatic carbocycles. The van der Waals surface area contributed by atoms with Crippen molar-refractivity contribution in [3.63, 3.8) is 0 Å². The maximum atomic E-state index is 13.8. The quantitative estimate of drug-likeness (QED) is 0.131. The van der Waals surface area contributed by atoms with Gasteiger partial charge in [0.25, 0.3) is 0 Å². The number of thiol groups is 1. The van der Waals surface area contributed by atoms with Crippen molar-refractivity contribution in [2.75, 3.05) is 21.3 Å². The average molecular weight is 1250 g/mol. The van der Waals surface area contributed by atoms with Crippen LogP contribution in [0.25, 0.3) is 0 Å². The number of esters is 6. The molecule has 0 N–H and O–H groups in total. The maximum Gasteiger partial charge on any atom is 0.310 e. The summed E-state index contributed by atoms with van der Waals surface area (Å²) in [6.07, 6.45) is 14.2. The zero-order chi connectivity index (χ0) is 63.1. The van der Waals surface area contributed by atoms with Gasteiger partial charge >= 0.3 is 35.8 Å². The Hall–Kier alpha value is -5.96. The molecular weight excluding hydrogens is 1160 g/mol. The molecule has 3 saturated heterocycles. The van der Waals surface area contributed by atoms with Gasteiger partial charge in [0.1, 0.15) is 29.9 Å². The fraction of sp³-hybridized carbons (Fsp3) is 0.667. The van der Waals surface area contributed by atoms with Crippen LogP contribution >= 0.6 is 24.4 Å². The van der Waals surface area contributed by atoms with Crippen LogP contribution in [-0.4, -0.2) is 90.1 Å². The normalized spacial score (nSPS) is 41.8. The predicted octanol–water partition coefficient (Wildman–Crippen LogP) is 11.0. The first-order valence-electron chi connectivity index (χ1n) is 30.4. The van der Waals surface area contributed by atoms with Crippen molar-refractivity contribution in [1.82, 2.24) is 0 Å². The largest absolute Gasteiger partial charge is 0.472 e. The summed E-state index contributed by atoms with van der Waals surface area (Å²) in [6.45, 7) is 15.3. The van der Waals surface area contributed by atoms with E-state index in [0.717, 1.165) is 28.5 Å². The SMILES string of the molecule is COC(=O)[C@@H]1C[C@@H](C)C(=O)[C@H]2[C@@]1(C)CC[C@H]1C(=O)O[C@H](c3ccoc3)C[C@]21C.COC(=O)[C@@H]1C[C@H](S)C(=O)[C@H]2[C@@]1(C)CC[C@H]1C(=O)O[C@H](c3ccoc3)C[C@]21C.COC(=O)[C@@H]1C[C@H](SC(C)=O)C(=O)[C@H]2[C@@]1(C)CC[C@H]1C(=O)O[C@H](c3ccoc3)C[C@]21C.[2HH]. The Labute approximate surface area is 518 Å². The molecule has 3 aromatic heterocycles. The van der Waals surface area contributed by atoms with Gasteiger partial charge in [-0.1, -0.05) is 60.2 Å². The summed E-state index contributed by atoms with van der Waals surface area (Å²) in [5, 5.41) is -1.33. The van der Waals surface area contributed by atoms with E-state index in [1.165, 1.54) is 34.5 Å². The van der Waals surface area contributed by atoms with Crippen molar-refractivity contribution in [2.24, 2.45) is 91.7 Å². The molecule has 3 aliphatic heterocycles. The van der Waals surface area contributed by atoms with Crippen LogP contribution < -0.4 is 0 Å². The zero-order valence-electron chi connectivity index (χ0n) is 51.5. The van der Waals surface area contributed by atoms with Crippen molar-refractivity contribution < 1.29 is 91.0 Å². The van der Waals surface area contributed by atoms with Gasteiger partial charge in [-0.05, 0) is 128 Å². The molecule has 12 rings (SSSR count). The minimum Gasteiger partial charge on any atom is -0.472 e. The number of hydrogen-bond donors (Lipinski definition) is 1. The third kappa shape index (κ3) is 10.6. The molecule has 0 radical (unpaired) electrons. The van der Waals surface area contributed by atoms with E-state index < -0.39 is 90.9 Å². The fourth-order valence-corrected chi connectivity index (χ4v) is 20.3. The lowest BCUT2D eigenvalue weighted by Crippen LogP contribution is -2.64. The highest BCUT2D eigenvalue weighted by atomic mass is 32.2. The van der Waals surface area contributed by atoms with Gasteiger partial charge in [0.15, 0.2) is 10.9 Å². The van der Waals surface area contributed by atoms with Crippen molar-refractivity contribution in [3.8, 4) is 0 Å². The Morgan fingerprint density at radius 1 is 0.506 bits per heavy atom. The summed E-state index contributed by atoms with van der Waals surface area (Å²) in [7, 11) is 4.14. The average Bonchev–Trinajstić information content (AvgIpc) is 0.999. The van der Waals surface area contributed by atoms with Gasteiger partial charge in [0, 0.05) is 48.7 Å². The number of furan rings is 3. The van der Waals surface area contributed by atoms with Crippen LogP contribution in [0.5, 0.6) is 0 Å². The van der Waals surface area contributed by atoms with E-state index in [0.29, 0.717) is 70.6 Å². The van der Waals surface area contributed by atoms with Crippen LogP contribution in [0.15, 0.2) is 69.0 Å². The van der Waals surface area contributed by atoms with Gasteiger partial charge in [-0.3, -0.25) is 47.9 Å². The van der Waals surface area contributed by atoms with E-state index in [1.807, 2.05) is 48.5 Å². The van der Waals surface area contributed by atoms with E-state index in [-0.39, 0.29) is 95.7 Å². The number of Topliss-reactive ketones (excluding diaryl/α,β-unsaturated/α-hetero) is 3. The fourth-order valence-electron chi connectivity index (χ4n) is 19.0. The van der Waals surface area contributed by atoms with Gasteiger partial charge in [-0.25, -0.2) is 0 Å². The van der Waals surface area contributed by atoms with Crippen LogP contribution in [0.4, 0.5) is 0 Å². The summed E-state index contributed by atoms with van der Waals surface area (Å²) in [6, 6.07) is 5.34. The number of carbonyl (C=O) groups is 10. The highest BCUT2D eigenvalue weighted by Gasteiger charge is 2.70. The lowest BCUT2D eigenvalue weighted by molar-refractivity contribution is -0.206. The second-order valence-corrected chi connectivity index (χ2v) is 29.8. The Morgan fingerprint density at radius 3 is 1.17 bits per heavy atom. The molecule has 3 aromatic rings. The summed E-state index contributed by atoms with van der Waals surface area (Å²) < 4.78 is 48.0. The minimum absolute atomic E-state index is 0. The minimum atomic E-state index is -0.705. The molecule has 9 aliphatic rings. The molecule has 0 aromatic carbocycles. The second kappa shape index (κ2) is 23.8. The summed E-state index contributed by atoms with van der Waals surface area (Å²) in [4.78, 5) is 129. The van der Waals surface area contributed by atoms with Crippen LogP contribution in [0.3, 0.4) is 0 Å². The predicted molar refractivity (Wildman–Crippen MR) is 315 cm³/mol. The van der Waals surface area contributed by atoms with E-state index in [4.69, 9.17) is 41.7 Å². The molecule has 0 spiro atoms. The van der Waals surface area contributed by atoms with Gasteiger partial charge in [-0.2, -0.15) is 12.6 Å². The molecule has 0 amide bonds. The Bertz CT molecular complexity index is 3050. The third-order valence-corrected chi connectivity index (χ3v) is 24.7. The number of carbonyl (C=O) groups excluding carboxylic acids is 10. The topological polar surface area (TPSA) is 265 Å². The van der Waals surface area contributed by atoms with Gasteiger partial charge in [0.2, 0.25) is 0 Å². The monoisotopic (exact) mass is 1250 g/mol. The molecule has 6 saturated carbocycles. The molecule has 474 valence electrons. The first-order chi connectivity index (χ1) is 41.1. The first-order valence-corrected chi connectivity index (χ1v) is 31.8. The smallest absolute Gasteiger partial charge is 0.310 e. The summed E-state index contributed by atoms with van der Waals surface area (Å²) in [5.74, 6) is -5.62. The molecule has 21 atom stereocenters. The molecule has 21 heteroatoms. The number of ether oxygens (including phenoxy) is 6. The number of hydrogen-bond acceptors (Lipinski definition) is 21. The Balaban J connectivity index is 0.000000156. The maximum absolute atomic E-state index is 13.8. The van der Waals surface area contributed by atoms with Crippen LogP contribution in [0.1, 0.15) is 169 Å². The van der Waals surface area contributed by atoms with Gasteiger partial charge in [-0.15, -0.1) is 0 Å². The van der Waals surface area contributed by atoms with E-state index in [2.05, 4.69) is 12.6 Å². The number of methoxy groups -OCH3 is 3. The molecule has 6 heterocycles. The molecule has 0 unspecified atom stereocenters. The van der Waals surface area contributed by atoms with E-state index >= 15 is 0 Å². The molecule has 19 nitrogen and oxygen atoms in total. The van der Waals surface area contributed by atoms with Crippen LogP contribution in [-0.2, 0) is 76.4 Å². The standard InChI is InChI=1S/C23H28O7S.C22H28O6.C21H26O6S.H2/c1-12(24)31-17-9-15(20(26)28-4)22(2)7-5-14-21(27)30-16(13-6-8-29-11-13)10-23(14,3)19(22)18(17)25;1-12-9-15(19(24)26-4)21(2)7-5-14-20(25)28-16(13-6-8-27-11-13)10-22(14,3)18(21)17(12)23;1-20-6-4-12-19(24)27-14(11-5-7-26-10-11)9-21(12,2)17(20)16(22)15(28)8-13(20)18(23)25-3;/h6,8,11,14-17,19H,5,7,9-10H2,1-4H3;6,8,11-12,14-16,18H,5,7,9-10H2,1-4H3;5,7,10,12-15,17,28H,4,6,8-9H2,1-3H3;1H/t14-,15-,16-,17-,19-,22-,23-;12-,14+,15+,16+,18+,21+,22+;12-,13-,14-,15-,17-,20-,21-;/m010./s1/i;;;1+1. The highest BCUT2D eigenvalue weighted by molar-refractivity contribution is 8.14. The molecule has 0 bridgehead atoms. The summed E-state index contributed by atoms with van der Waals surface area (Å²) in [5.41, 5.74) is -1.27. The lowest BCUT2D eigenvalue weighted by atomic mass is 9.42. The van der Waals surface area contributed by atoms with E-state index in [9.17, 15) is 47.9 Å². The first kappa shape index (κ1) is 64.0. The number of cyclic esters (lactones) is 3. The molecule has 9 fully saturated rings. The number of ketones is 3. The Kier molecular flexibility index (Phi) is 17.5. The number of rotatable bonds is 7. The van der Waals surface area contributed by atoms with E-state index in [1.54, 1.807) is 49.5 Å². The Morgan fingerprint density at radius 2 is 0.839 bits per heavy atom. The van der Waals surface area contributed by atoms with Crippen molar-refractivity contribution in [1.29, 1.82) is 0 Å². The number of fused-ring (bicyclic) bond motifs is 9. The summed E-state index contributed by atoms with van der Waals surface area (Å²) >= 11 is 5.49. The van der Waals surface area contributed by atoms with Crippen LogP contribution in [0, 0.1) is 91.7 Å². The van der Waals surface area contributed by atoms with Crippen molar-refractivity contribution in [3.05, 3.63) is 72.5 Å². The highest BCUT2D eigenvalue weighted by Crippen LogP contribution is 2.69. The van der Waals surface area contributed by atoms with Gasteiger partial charge < -0.3 is 41.7 Å². The van der Waals surface area contributed by atoms with Crippen LogP contribution in [0.2, 0.25) is 0 Å². The van der Waals surface area contributed by atoms with Crippen molar-refractivity contribution in [2.45, 2.75) is 161 Å². The molecular formula is C66H84O19S2. The van der Waals surface area contributed by atoms with Crippen molar-refractivity contribution >= 4 is 82.7 Å². The number of thioether (sulfide) groups is 1. The third-order valence-electron chi connectivity index (χ3n) is 23.1. The zero-order valence-corrected chi connectivity index (χ0v) is 53.2. The lowest BCUT2D eigenvalue weighted by Gasteiger charge is -2.61. The van der Waals surface area contributed by atoms with Gasteiger partial charge in [0.05, 0.1) is 105 Å². The molecule has 87 heavy (non-hydrogen) atoms.